The Morgan fingerprint density at radius 2 is 0.981 bits per heavy atom. The zero-order valence-electron chi connectivity index (χ0n) is 33.5. The van der Waals surface area contributed by atoms with Gasteiger partial charge in [-0.3, -0.25) is 18.6 Å². The van der Waals surface area contributed by atoms with Crippen LogP contribution in [0.2, 0.25) is 0 Å². The van der Waals surface area contributed by atoms with E-state index in [1.807, 2.05) is 0 Å². The number of carbonyl (C=O) groups is 2. The van der Waals surface area contributed by atoms with Crippen LogP contribution in [0.3, 0.4) is 0 Å². The molecule has 1 unspecified atom stereocenters. The Hall–Kier alpha value is -1.81. The van der Waals surface area contributed by atoms with Crippen molar-refractivity contribution >= 4 is 19.8 Å². The third kappa shape index (κ3) is 38.3. The molecule has 0 spiro atoms. The number of aliphatic hydroxyl groups excluding tert-OH is 2. The number of unbranched alkanes of at least 4 members (excludes halogenated alkanes) is 20. The Morgan fingerprint density at radius 1 is 0.566 bits per heavy atom. The molecule has 0 radical (unpaired) electrons. The molecule has 0 bridgehead atoms. The lowest BCUT2D eigenvalue weighted by Gasteiger charge is -2.20. The summed E-state index contributed by atoms with van der Waals surface area (Å²) in [6.45, 7) is 2.32. The lowest BCUT2D eigenvalue weighted by atomic mass is 10.1. The molecule has 310 valence electrons. The monoisotopic (exact) mass is 773 g/mol. The maximum Gasteiger partial charge on any atom is 0.472 e. The molecule has 0 heterocycles. The first-order chi connectivity index (χ1) is 25.7. The largest absolute Gasteiger partial charge is 0.472 e. The van der Waals surface area contributed by atoms with Gasteiger partial charge in [-0.1, -0.05) is 140 Å². The molecule has 0 saturated heterocycles. The number of phosphoric acid groups is 1. The van der Waals surface area contributed by atoms with Gasteiger partial charge in [0, 0.05) is 12.8 Å². The molecule has 3 N–H and O–H groups in total. The molecule has 11 heteroatoms. The van der Waals surface area contributed by atoms with Crippen LogP contribution in [0.5, 0.6) is 0 Å². The highest BCUT2D eigenvalue weighted by Gasteiger charge is 2.27. The average molecular weight is 773 g/mol. The Balaban J connectivity index is 4.35. The van der Waals surface area contributed by atoms with E-state index < -0.39 is 51.8 Å². The highest BCUT2D eigenvalue weighted by Crippen LogP contribution is 2.43. The Morgan fingerprint density at radius 3 is 1.47 bits per heavy atom. The number of hydrogen-bond donors (Lipinski definition) is 3. The number of rotatable bonds is 39. The summed E-state index contributed by atoms with van der Waals surface area (Å²) in [6.07, 6.45) is 38.2. The van der Waals surface area contributed by atoms with Crippen molar-refractivity contribution in [1.29, 1.82) is 0 Å². The van der Waals surface area contributed by atoms with Gasteiger partial charge in [0.15, 0.2) is 6.10 Å². The summed E-state index contributed by atoms with van der Waals surface area (Å²) in [7, 11) is -4.62. The minimum Gasteiger partial charge on any atom is -0.462 e. The molecule has 3 atom stereocenters. The average Bonchev–Trinajstić information content (AvgIpc) is 3.14. The van der Waals surface area contributed by atoms with Crippen molar-refractivity contribution < 1.29 is 47.8 Å². The smallest absolute Gasteiger partial charge is 0.462 e. The number of carbonyl (C=O) groups excluding carboxylic acids is 2. The van der Waals surface area contributed by atoms with E-state index in [2.05, 4.69) is 54.8 Å². The summed E-state index contributed by atoms with van der Waals surface area (Å²) in [6, 6.07) is 0. The van der Waals surface area contributed by atoms with Gasteiger partial charge in [-0.05, 0) is 64.2 Å². The van der Waals surface area contributed by atoms with Crippen molar-refractivity contribution in [2.24, 2.45) is 0 Å². The summed E-state index contributed by atoms with van der Waals surface area (Å²) >= 11 is 0. The Kier molecular flexibility index (Phi) is 37.2. The van der Waals surface area contributed by atoms with E-state index in [-0.39, 0.29) is 19.4 Å². The molecule has 0 aliphatic heterocycles. The lowest BCUT2D eigenvalue weighted by Crippen LogP contribution is -2.29. The van der Waals surface area contributed by atoms with E-state index in [1.54, 1.807) is 0 Å². The van der Waals surface area contributed by atoms with Crippen LogP contribution < -0.4 is 0 Å². The van der Waals surface area contributed by atoms with Gasteiger partial charge >= 0.3 is 19.8 Å². The first-order valence-electron chi connectivity index (χ1n) is 21.0. The predicted molar refractivity (Wildman–Crippen MR) is 214 cm³/mol. The maximum absolute atomic E-state index is 12.6. The van der Waals surface area contributed by atoms with Crippen LogP contribution in [0.15, 0.2) is 36.5 Å². The van der Waals surface area contributed by atoms with Crippen molar-refractivity contribution in [1.82, 2.24) is 0 Å². The van der Waals surface area contributed by atoms with Crippen molar-refractivity contribution in [2.45, 2.75) is 193 Å². The van der Waals surface area contributed by atoms with Crippen molar-refractivity contribution in [3.63, 3.8) is 0 Å². The SMILES string of the molecule is CCCCCC/C=C/C=C/CCCCCCCC(=O)O[C@H](COC(=O)CCCCCCCCC/C=C/CCCCCC)COP(=O)(O)OC[C@@H](O)CO. The summed E-state index contributed by atoms with van der Waals surface area (Å²) in [5.74, 6) is -0.947. The van der Waals surface area contributed by atoms with Crippen LogP contribution in [0.25, 0.3) is 0 Å². The highest BCUT2D eigenvalue weighted by molar-refractivity contribution is 7.47. The van der Waals surface area contributed by atoms with E-state index in [0.717, 1.165) is 64.2 Å². The normalized spacial score (nSPS) is 14.3. The minimum absolute atomic E-state index is 0.166. The van der Waals surface area contributed by atoms with Gasteiger partial charge in [-0.25, -0.2) is 4.57 Å². The molecular formula is C42H77O10P. The minimum atomic E-state index is -4.62. The van der Waals surface area contributed by atoms with Crippen LogP contribution in [0.1, 0.15) is 181 Å². The van der Waals surface area contributed by atoms with E-state index in [4.69, 9.17) is 19.1 Å². The van der Waals surface area contributed by atoms with Crippen LogP contribution in [0.4, 0.5) is 0 Å². The fourth-order valence-corrected chi connectivity index (χ4v) is 6.30. The number of ether oxygens (including phenoxy) is 2. The van der Waals surface area contributed by atoms with Crippen molar-refractivity contribution in [3.05, 3.63) is 36.5 Å². The Labute approximate surface area is 322 Å². The molecule has 0 aromatic heterocycles. The standard InChI is InChI=1S/C42H77O10P/c1-3-5-7-9-11-13-15-17-19-21-23-25-27-29-31-33-41(45)49-37-40(38-51-53(47,48)50-36-39(44)35-43)52-42(46)34-32-30-28-26-24-22-20-18-16-14-12-10-8-6-4-2/h13-16,18,20,39-40,43-44H,3-12,17,19,21-38H2,1-2H3,(H,47,48)/b15-13+,16-14+,20-18+/t39-,40+/m0/s1. The summed E-state index contributed by atoms with van der Waals surface area (Å²) in [5.41, 5.74) is 0. The number of phosphoric ester groups is 1. The second kappa shape index (κ2) is 38.5. The molecule has 0 amide bonds. The molecule has 0 aliphatic carbocycles. The second-order valence-corrected chi connectivity index (χ2v) is 15.5. The van der Waals surface area contributed by atoms with Crippen LogP contribution in [-0.2, 0) is 32.7 Å². The van der Waals surface area contributed by atoms with Crippen LogP contribution in [-0.4, -0.2) is 65.7 Å². The first-order valence-corrected chi connectivity index (χ1v) is 22.5. The second-order valence-electron chi connectivity index (χ2n) is 14.0. The third-order valence-corrected chi connectivity index (χ3v) is 9.75. The van der Waals surface area contributed by atoms with Gasteiger partial charge < -0.3 is 24.6 Å². The lowest BCUT2D eigenvalue weighted by molar-refractivity contribution is -0.161. The van der Waals surface area contributed by atoms with Gasteiger partial charge in [-0.15, -0.1) is 0 Å². The topological polar surface area (TPSA) is 149 Å². The predicted octanol–water partition coefficient (Wildman–Crippen LogP) is 10.8. The first kappa shape index (κ1) is 51.2. The van der Waals surface area contributed by atoms with Gasteiger partial charge in [-0.2, -0.15) is 0 Å². The van der Waals surface area contributed by atoms with E-state index >= 15 is 0 Å². The number of aliphatic hydroxyl groups is 2. The third-order valence-electron chi connectivity index (χ3n) is 8.79. The van der Waals surface area contributed by atoms with E-state index in [1.165, 1.54) is 77.0 Å². The molecule has 0 fully saturated rings. The van der Waals surface area contributed by atoms with Gasteiger partial charge in [0.25, 0.3) is 0 Å². The molecule has 0 aliphatic rings. The van der Waals surface area contributed by atoms with Gasteiger partial charge in [0.2, 0.25) is 0 Å². The molecule has 0 aromatic carbocycles. The molecule has 0 rings (SSSR count). The number of hydrogen-bond acceptors (Lipinski definition) is 9. The number of esters is 2. The molecule has 53 heavy (non-hydrogen) atoms. The van der Waals surface area contributed by atoms with Gasteiger partial charge in [0.1, 0.15) is 12.7 Å². The number of allylic oxidation sites excluding steroid dienone is 6. The quantitative estimate of drug-likeness (QED) is 0.0181. The van der Waals surface area contributed by atoms with Crippen LogP contribution >= 0.6 is 7.82 Å². The highest BCUT2D eigenvalue weighted by atomic mass is 31.2. The van der Waals surface area contributed by atoms with Crippen molar-refractivity contribution in [3.8, 4) is 0 Å². The molecular weight excluding hydrogens is 695 g/mol. The summed E-state index contributed by atoms with van der Waals surface area (Å²) < 4.78 is 32.6. The summed E-state index contributed by atoms with van der Waals surface area (Å²) in [5, 5.41) is 18.3. The van der Waals surface area contributed by atoms with Crippen LogP contribution in [0, 0.1) is 0 Å². The molecule has 0 aromatic rings. The summed E-state index contributed by atoms with van der Waals surface area (Å²) in [4.78, 5) is 34.9. The van der Waals surface area contributed by atoms with Gasteiger partial charge in [0.05, 0.1) is 19.8 Å². The fourth-order valence-electron chi connectivity index (χ4n) is 5.51. The van der Waals surface area contributed by atoms with Crippen molar-refractivity contribution in [2.75, 3.05) is 26.4 Å². The Bertz CT molecular complexity index is 983. The fraction of sp³-hybridized carbons (Fsp3) is 0.810. The zero-order chi connectivity index (χ0) is 39.1. The van der Waals surface area contributed by atoms with E-state index in [0.29, 0.717) is 12.8 Å². The van der Waals surface area contributed by atoms with E-state index in [9.17, 15) is 24.2 Å². The maximum atomic E-state index is 12.6. The molecule has 0 saturated carbocycles. The molecule has 10 nitrogen and oxygen atoms in total. The zero-order valence-corrected chi connectivity index (χ0v) is 34.4.